The Morgan fingerprint density at radius 1 is 0.454 bits per heavy atom. The first-order valence-electron chi connectivity index (χ1n) is 41.1. The number of nitrogens with one attached hydrogen (secondary N) is 5. The molecule has 10 heterocycles. The predicted octanol–water partition coefficient (Wildman–Crippen LogP) is -4.20. The number of fused-ring (bicyclic) bond motifs is 6. The van der Waals surface area contributed by atoms with E-state index in [1.54, 1.807) is 25.5 Å². The Kier molecular flexibility index (Phi) is 38.4. The zero-order chi connectivity index (χ0) is 84.4. The molecular weight excluding hydrogens is 1570 g/mol. The van der Waals surface area contributed by atoms with Crippen LogP contribution >= 0.6 is 0 Å². The molecule has 1 unspecified atom stereocenters. The van der Waals surface area contributed by atoms with E-state index in [-0.39, 0.29) is 246 Å². The first-order valence-corrected chi connectivity index (χ1v) is 41.1. The Morgan fingerprint density at radius 3 is 1.30 bits per heavy atom. The molecule has 16 atom stereocenters. The summed E-state index contributed by atoms with van der Waals surface area (Å²) in [5, 5.41) is 113. The third-order valence-electron chi connectivity index (χ3n) is 21.5. The minimum atomic E-state index is -1.42. The summed E-state index contributed by atoms with van der Waals surface area (Å²) in [7, 11) is 0. The predicted molar refractivity (Wildman–Crippen MR) is 404 cm³/mol. The molecule has 44 heteroatoms. The van der Waals surface area contributed by atoms with Crippen molar-refractivity contribution in [2.75, 3.05) is 158 Å². The second kappa shape index (κ2) is 48.6. The van der Waals surface area contributed by atoms with Crippen molar-refractivity contribution in [1.29, 1.82) is 0 Å². The van der Waals surface area contributed by atoms with Crippen LogP contribution in [0.5, 0.6) is 0 Å². The number of aromatic nitrogens is 9. The zero-order valence-electron chi connectivity index (χ0n) is 67.4. The number of carbonyl (C=O) groups is 7. The first-order chi connectivity index (χ1) is 57.7. The van der Waals surface area contributed by atoms with Gasteiger partial charge in [-0.1, -0.05) is 54.2 Å². The van der Waals surface area contributed by atoms with Gasteiger partial charge < -0.3 is 133 Å². The maximum Gasteiger partial charge on any atom is 0.253 e. The normalized spacial score (nSPS) is 26.7. The van der Waals surface area contributed by atoms with Crippen LogP contribution in [0, 0.1) is 0 Å². The third-order valence-corrected chi connectivity index (χ3v) is 21.5. The summed E-state index contributed by atoms with van der Waals surface area (Å²) in [5.74, 6) is -2.30. The highest BCUT2D eigenvalue weighted by Crippen LogP contribution is 2.43. The van der Waals surface area contributed by atoms with E-state index in [2.05, 4.69) is 57.5 Å². The molecule has 10 rings (SSSR count). The molecule has 3 aromatic heterocycles. The molecule has 6 fully saturated rings. The third kappa shape index (κ3) is 28.4. The Hall–Kier alpha value is -7.23. The molecule has 0 saturated carbocycles. The Morgan fingerprint density at radius 2 is 0.840 bits per heavy atom. The van der Waals surface area contributed by atoms with Gasteiger partial charge in [0.05, 0.1) is 164 Å². The van der Waals surface area contributed by atoms with E-state index in [0.717, 1.165) is 43.4 Å². The summed E-state index contributed by atoms with van der Waals surface area (Å²) in [6, 6.07) is -2.48. The van der Waals surface area contributed by atoms with Crippen LogP contribution in [-0.2, 0) is 124 Å². The standard InChI is InChI=1S/C75H119N15O29/c1-73-48-115-71(118-73)62(66(101)68(73)103)89-41-51(82-85-89)44-112-38-35-109-32-29-106-26-22-78-56(94)15-18-74(80-58(96)11-9-7-5-3-2-4-6-8-10-54(92)76-20-24-87-59(97)12-13-60(87)98,17-14-55(93)77-21-25-105-28-31-108-34-37-111-43-50-40-88(84-81-50)61-65(100)64(99)53-46-114-70(61)117-53)19-16-57(95)79-23-27-107-30-33-110-36-39-113-45-52-42-90(86-83-52)63-67(102)69(104)75(47-91)49-116-72(63)119-75/h12-13,40-42,53,61-72,91,99-104H,2-11,14-39,43-49H2,1H3,(H,76,92)(H,77,93)(H,78,94)(H,79,95)(H,80,96)/t53-,61+,62+,63+,64-,65+,66+,67+,68+,69+,70-,71+,72-,73-,74?,75-/m0/s1. The molecule has 3 aromatic rings. The van der Waals surface area contributed by atoms with Crippen molar-refractivity contribution in [1.82, 2.24) is 76.5 Å². The topological polar surface area (TPSA) is 555 Å². The molecule has 0 aliphatic carbocycles. The van der Waals surface area contributed by atoms with Crippen LogP contribution in [0.25, 0.3) is 0 Å². The number of hydrogen-bond donors (Lipinski definition) is 12. The van der Waals surface area contributed by atoms with Crippen LogP contribution in [0.3, 0.4) is 0 Å². The van der Waals surface area contributed by atoms with Crippen molar-refractivity contribution in [2.45, 2.75) is 226 Å². The van der Waals surface area contributed by atoms with Crippen molar-refractivity contribution < 1.29 is 140 Å². The molecule has 12 N–H and O–H groups in total. The van der Waals surface area contributed by atoms with Gasteiger partial charge in [0.25, 0.3) is 11.8 Å². The van der Waals surface area contributed by atoms with Gasteiger partial charge in [0.15, 0.2) is 18.9 Å². The maximum absolute atomic E-state index is 14.1. The van der Waals surface area contributed by atoms with Gasteiger partial charge >= 0.3 is 0 Å². The average molecular weight is 1690 g/mol. The number of unbranched alkanes of at least 4 members (excludes halogenated alkanes) is 7. The molecule has 0 spiro atoms. The van der Waals surface area contributed by atoms with Crippen molar-refractivity contribution in [3.05, 3.63) is 47.8 Å². The van der Waals surface area contributed by atoms with Gasteiger partial charge in [-0.05, 0) is 39.0 Å². The van der Waals surface area contributed by atoms with Crippen molar-refractivity contribution in [2.24, 2.45) is 0 Å². The molecule has 7 aliphatic heterocycles. The minimum Gasteiger partial charge on any atom is -0.393 e. The molecular formula is C75H119N15O29. The highest BCUT2D eigenvalue weighted by molar-refractivity contribution is 6.12. The zero-order valence-corrected chi connectivity index (χ0v) is 67.4. The van der Waals surface area contributed by atoms with Crippen molar-refractivity contribution in [3.63, 3.8) is 0 Å². The fraction of sp³-hybridized carbons (Fsp3) is 0.800. The fourth-order valence-corrected chi connectivity index (χ4v) is 14.7. The number of rotatable bonds is 61. The van der Waals surface area contributed by atoms with Gasteiger partial charge in [-0.3, -0.25) is 38.5 Å². The van der Waals surface area contributed by atoms with Crippen LogP contribution in [0.1, 0.15) is 145 Å². The number of aliphatic hydroxyl groups excluding tert-OH is 7. The van der Waals surface area contributed by atoms with E-state index in [9.17, 15) is 69.3 Å². The van der Waals surface area contributed by atoms with Crippen LogP contribution < -0.4 is 26.6 Å². The van der Waals surface area contributed by atoms with Crippen molar-refractivity contribution >= 4 is 41.4 Å². The Balaban J connectivity index is 0.641. The summed E-state index contributed by atoms with van der Waals surface area (Å²) >= 11 is 0. The summed E-state index contributed by atoms with van der Waals surface area (Å²) in [6.07, 6.45) is 3.51. The van der Waals surface area contributed by atoms with E-state index in [4.69, 9.17) is 71.1 Å². The lowest BCUT2D eigenvalue weighted by atomic mass is 9.82. The number of imide groups is 1. The molecule has 0 radical (unpaired) electrons. The van der Waals surface area contributed by atoms with Gasteiger partial charge in [0, 0.05) is 82.5 Å². The molecule has 7 amide bonds. The number of carbonyl (C=O) groups excluding carboxylic acids is 7. The number of nitrogens with zero attached hydrogens (tertiary/aromatic N) is 10. The molecule has 44 nitrogen and oxygen atoms in total. The largest absolute Gasteiger partial charge is 0.393 e. The number of ether oxygens (including phenoxy) is 15. The van der Waals surface area contributed by atoms with Gasteiger partial charge in [0.1, 0.15) is 89.1 Å². The second-order valence-electron chi connectivity index (χ2n) is 30.4. The molecule has 668 valence electrons. The van der Waals surface area contributed by atoms with E-state index < -0.39 is 115 Å². The van der Waals surface area contributed by atoms with Gasteiger partial charge in [-0.15, -0.1) is 15.3 Å². The van der Waals surface area contributed by atoms with Gasteiger partial charge in [-0.2, -0.15) is 0 Å². The maximum atomic E-state index is 14.1. The first kappa shape index (κ1) is 94.0. The average Bonchev–Trinajstić information content (AvgIpc) is 1.61. The molecule has 119 heavy (non-hydrogen) atoms. The number of hydrogen-bond acceptors (Lipinski definition) is 35. The Bertz CT molecular complexity index is 3610. The van der Waals surface area contributed by atoms with Crippen LogP contribution in [-0.4, -0.2) is 364 Å². The lowest BCUT2D eigenvalue weighted by molar-refractivity contribution is -0.244. The van der Waals surface area contributed by atoms with E-state index in [0.29, 0.717) is 36.3 Å². The van der Waals surface area contributed by atoms with Crippen molar-refractivity contribution in [3.8, 4) is 0 Å². The quantitative estimate of drug-likeness (QED) is 0.0188. The summed E-state index contributed by atoms with van der Waals surface area (Å²) in [4.78, 5) is 92.2. The number of aliphatic hydroxyl groups is 7. The molecule has 6 bridgehead atoms. The summed E-state index contributed by atoms with van der Waals surface area (Å²) in [5.41, 5.74) is -2.22. The van der Waals surface area contributed by atoms with Gasteiger partial charge in [0.2, 0.25) is 29.5 Å². The van der Waals surface area contributed by atoms with Crippen LogP contribution in [0.15, 0.2) is 30.7 Å². The second-order valence-corrected chi connectivity index (χ2v) is 30.4. The van der Waals surface area contributed by atoms with E-state index in [1.807, 2.05) is 0 Å². The van der Waals surface area contributed by atoms with E-state index in [1.165, 1.54) is 26.2 Å². The monoisotopic (exact) mass is 1690 g/mol. The van der Waals surface area contributed by atoms with E-state index >= 15 is 0 Å². The smallest absolute Gasteiger partial charge is 0.253 e. The number of amides is 7. The fourth-order valence-electron chi connectivity index (χ4n) is 14.7. The summed E-state index contributed by atoms with van der Waals surface area (Å²) < 4.78 is 89.4. The highest BCUT2D eigenvalue weighted by Gasteiger charge is 2.61. The highest BCUT2D eigenvalue weighted by atomic mass is 16.8. The lowest BCUT2D eigenvalue weighted by Crippen LogP contribution is -2.60. The minimum absolute atomic E-state index is 0.0679. The SMILES string of the molecule is C[C@@]12CO[C@H](O1)[C@H](n1cc(COCCOCCOCCNC(=O)CCC(CCC(=O)NCCOCCOCCOCc3cn([C@H]4[C@H]5OC[C@](CO)(O5)[C@H](O)[C@@H]4O)nn3)(CCC(=O)NCCOCCOCCOCc3cn([C@H]4[C@H]5OC[C@H](O5)[C@H](O)[C@@H]4O)nn3)NC(=O)CCCCCCCCCCC(=O)NCCN3C(=O)C=CC3=O)nn1)[C@@H](O)[C@H]2O. The van der Waals surface area contributed by atoms with Gasteiger partial charge in [-0.25, -0.2) is 14.0 Å². The summed E-state index contributed by atoms with van der Waals surface area (Å²) in [6.45, 7) is 5.48. The van der Waals surface area contributed by atoms with Crippen LogP contribution in [0.2, 0.25) is 0 Å². The Labute approximate surface area is 687 Å². The van der Waals surface area contributed by atoms with Crippen LogP contribution in [0.4, 0.5) is 0 Å². The molecule has 7 aliphatic rings. The molecule has 6 saturated heterocycles. The molecule has 0 aromatic carbocycles. The lowest BCUT2D eigenvalue weighted by Gasteiger charge is -2.41.